The maximum Gasteiger partial charge on any atom is 0.320 e. The number of hydrogen-bond acceptors (Lipinski definition) is 7. The van der Waals surface area contributed by atoms with Crippen LogP contribution in [0.4, 0.5) is 5.69 Å². The van der Waals surface area contributed by atoms with Gasteiger partial charge in [0.2, 0.25) is 0 Å². The van der Waals surface area contributed by atoms with Gasteiger partial charge in [0.25, 0.3) is 0 Å². The minimum Gasteiger partial charge on any atom is -0.490 e. The van der Waals surface area contributed by atoms with Gasteiger partial charge >= 0.3 is 11.7 Å². The summed E-state index contributed by atoms with van der Waals surface area (Å²) in [7, 11) is -1.39. The first-order chi connectivity index (χ1) is 9.29. The number of benzene rings is 1. The van der Waals surface area contributed by atoms with Crippen LogP contribution in [0.1, 0.15) is 5.56 Å². The van der Waals surface area contributed by atoms with Crippen LogP contribution >= 0.6 is 0 Å². The topological polar surface area (TPSA) is 113 Å². The number of nitrogens with zero attached hydrogens (tertiary/aromatic N) is 1. The molecule has 0 unspecified atom stereocenters. The Morgan fingerprint density at radius 3 is 2.50 bits per heavy atom. The lowest BCUT2D eigenvalue weighted by atomic mass is 10.2. The number of ether oxygens (including phenoxy) is 2. The predicted octanol–water partition coefficient (Wildman–Crippen LogP) is 0.691. The van der Waals surface area contributed by atoms with E-state index in [-0.39, 0.29) is 17.0 Å². The molecule has 0 saturated heterocycles. The van der Waals surface area contributed by atoms with E-state index in [0.29, 0.717) is 0 Å². The van der Waals surface area contributed by atoms with E-state index < -0.39 is 32.2 Å². The van der Waals surface area contributed by atoms with Crippen LogP contribution in [0.25, 0.3) is 0 Å². The van der Waals surface area contributed by atoms with Crippen LogP contribution in [0.3, 0.4) is 0 Å². The van der Waals surface area contributed by atoms with Crippen LogP contribution in [-0.4, -0.2) is 39.3 Å². The van der Waals surface area contributed by atoms with E-state index in [4.69, 9.17) is 4.74 Å². The fraction of sp³-hybridized carbons (Fsp3) is 0.364. The average Bonchev–Trinajstić information content (AvgIpc) is 2.37. The van der Waals surface area contributed by atoms with E-state index in [1.54, 1.807) is 0 Å². The van der Waals surface area contributed by atoms with Crippen molar-refractivity contribution in [2.24, 2.45) is 0 Å². The molecular weight excluding hydrogens is 290 g/mol. The summed E-state index contributed by atoms with van der Waals surface area (Å²) in [5.41, 5.74) is -0.139. The maximum absolute atomic E-state index is 11.7. The smallest absolute Gasteiger partial charge is 0.320 e. The Balaban J connectivity index is 3.02. The molecule has 1 rings (SSSR count). The van der Waals surface area contributed by atoms with Crippen LogP contribution in [0, 0.1) is 10.1 Å². The molecule has 0 atom stereocenters. The van der Waals surface area contributed by atoms with Crippen LogP contribution < -0.4 is 4.74 Å². The predicted molar refractivity (Wildman–Crippen MR) is 69.2 cm³/mol. The summed E-state index contributed by atoms with van der Waals surface area (Å²) in [5.74, 6) is -2.12. The molecule has 0 aliphatic heterocycles. The second kappa shape index (κ2) is 6.33. The number of carbonyl (C=O) groups excluding carboxylic acids is 1. The van der Waals surface area contributed by atoms with Gasteiger partial charge in [-0.05, 0) is 11.6 Å². The lowest BCUT2D eigenvalue weighted by molar-refractivity contribution is -0.385. The van der Waals surface area contributed by atoms with Crippen molar-refractivity contribution in [2.75, 3.05) is 20.0 Å². The third-order valence-corrected chi connectivity index (χ3v) is 3.84. The van der Waals surface area contributed by atoms with E-state index in [2.05, 4.69) is 4.74 Å². The van der Waals surface area contributed by atoms with Crippen LogP contribution in [0.2, 0.25) is 0 Å². The largest absolute Gasteiger partial charge is 0.490 e. The second-order valence-corrected chi connectivity index (χ2v) is 5.94. The van der Waals surface area contributed by atoms with Crippen molar-refractivity contribution in [2.45, 2.75) is 5.75 Å². The summed E-state index contributed by atoms with van der Waals surface area (Å²) in [5, 5.41) is 10.8. The maximum atomic E-state index is 11.7. The molecule has 0 heterocycles. The van der Waals surface area contributed by atoms with E-state index in [1.165, 1.54) is 19.2 Å². The number of methoxy groups -OCH3 is 2. The molecule has 0 fully saturated rings. The fourth-order valence-electron chi connectivity index (χ4n) is 1.51. The lowest BCUT2D eigenvalue weighted by Crippen LogP contribution is -2.18. The molecule has 0 N–H and O–H groups in total. The third-order valence-electron chi connectivity index (χ3n) is 2.39. The zero-order valence-electron chi connectivity index (χ0n) is 10.9. The molecule has 8 nitrogen and oxygen atoms in total. The first-order valence-corrected chi connectivity index (χ1v) is 7.19. The van der Waals surface area contributed by atoms with E-state index in [0.717, 1.165) is 13.2 Å². The Morgan fingerprint density at radius 2 is 2.00 bits per heavy atom. The molecular formula is C11H13NO7S. The Labute approximate surface area is 115 Å². The summed E-state index contributed by atoms with van der Waals surface area (Å²) in [6, 6.07) is 3.80. The molecule has 0 amide bonds. The van der Waals surface area contributed by atoms with Crippen molar-refractivity contribution >= 4 is 21.5 Å². The van der Waals surface area contributed by atoms with Crippen molar-refractivity contribution in [3.05, 3.63) is 33.9 Å². The average molecular weight is 303 g/mol. The zero-order valence-corrected chi connectivity index (χ0v) is 11.7. The number of nitro groups is 1. The summed E-state index contributed by atoms with van der Waals surface area (Å²) in [4.78, 5) is 21.1. The standard InChI is InChI=1S/C11H13NO7S/c1-18-10-4-3-8(5-9(10)12(14)15)6-20(16,17)7-11(13)19-2/h3-5H,6-7H2,1-2H3. The molecule has 0 aliphatic rings. The number of nitro benzene ring substituents is 1. The van der Waals surface area contributed by atoms with E-state index >= 15 is 0 Å². The first-order valence-electron chi connectivity index (χ1n) is 5.37. The highest BCUT2D eigenvalue weighted by molar-refractivity contribution is 7.91. The van der Waals surface area contributed by atoms with Crippen molar-refractivity contribution < 1.29 is 27.6 Å². The molecule has 0 aliphatic carbocycles. The third kappa shape index (κ3) is 4.19. The molecule has 0 saturated carbocycles. The molecule has 110 valence electrons. The number of rotatable bonds is 6. The molecule has 0 spiro atoms. The Morgan fingerprint density at radius 1 is 1.35 bits per heavy atom. The second-order valence-electron chi connectivity index (χ2n) is 3.87. The summed E-state index contributed by atoms with van der Waals surface area (Å²) in [6.45, 7) is 0. The number of esters is 1. The molecule has 0 bridgehead atoms. The quantitative estimate of drug-likeness (QED) is 0.431. The summed E-state index contributed by atoms with van der Waals surface area (Å²) >= 11 is 0. The first kappa shape index (κ1) is 15.9. The molecule has 1 aromatic carbocycles. The molecule has 20 heavy (non-hydrogen) atoms. The monoisotopic (exact) mass is 303 g/mol. The summed E-state index contributed by atoms with van der Waals surface area (Å²) in [6.07, 6.45) is 0. The van der Waals surface area contributed by atoms with Gasteiger partial charge in [0, 0.05) is 6.07 Å². The van der Waals surface area contributed by atoms with Crippen LogP contribution in [-0.2, 0) is 25.1 Å². The fourth-order valence-corrected chi connectivity index (χ4v) is 2.78. The van der Waals surface area contributed by atoms with Crippen molar-refractivity contribution in [1.29, 1.82) is 0 Å². The Hall–Kier alpha value is -2.16. The number of hydrogen-bond donors (Lipinski definition) is 0. The minimum absolute atomic E-state index is 0.0316. The van der Waals surface area contributed by atoms with Gasteiger partial charge in [-0.2, -0.15) is 0 Å². The van der Waals surface area contributed by atoms with Crippen LogP contribution in [0.5, 0.6) is 5.75 Å². The van der Waals surface area contributed by atoms with Gasteiger partial charge in [0.05, 0.1) is 24.9 Å². The molecule has 0 aromatic heterocycles. The lowest BCUT2D eigenvalue weighted by Gasteiger charge is -2.06. The molecule has 1 aromatic rings. The van der Waals surface area contributed by atoms with Gasteiger partial charge in [-0.15, -0.1) is 0 Å². The Kier molecular flexibility index (Phi) is 5.03. The number of sulfone groups is 1. The van der Waals surface area contributed by atoms with E-state index in [1.807, 2.05) is 0 Å². The van der Waals surface area contributed by atoms with Crippen molar-refractivity contribution in [1.82, 2.24) is 0 Å². The van der Waals surface area contributed by atoms with Crippen molar-refractivity contribution in [3.63, 3.8) is 0 Å². The van der Waals surface area contributed by atoms with Gasteiger partial charge in [-0.3, -0.25) is 14.9 Å². The highest BCUT2D eigenvalue weighted by Crippen LogP contribution is 2.28. The zero-order chi connectivity index (χ0) is 15.3. The van der Waals surface area contributed by atoms with E-state index in [9.17, 15) is 23.3 Å². The van der Waals surface area contributed by atoms with Gasteiger partial charge in [-0.25, -0.2) is 8.42 Å². The molecule has 0 radical (unpaired) electrons. The normalized spacial score (nSPS) is 10.9. The minimum atomic E-state index is -3.75. The summed E-state index contributed by atoms with van der Waals surface area (Å²) < 4.78 is 32.5. The highest BCUT2D eigenvalue weighted by atomic mass is 32.2. The van der Waals surface area contributed by atoms with Gasteiger partial charge < -0.3 is 9.47 Å². The van der Waals surface area contributed by atoms with Crippen molar-refractivity contribution in [3.8, 4) is 5.75 Å². The SMILES string of the molecule is COC(=O)CS(=O)(=O)Cc1ccc(OC)c([N+](=O)[O-])c1. The van der Waals surface area contributed by atoms with Crippen LogP contribution in [0.15, 0.2) is 18.2 Å². The molecule has 9 heteroatoms. The Bertz CT molecular complexity index is 624. The van der Waals surface area contributed by atoms with Gasteiger partial charge in [-0.1, -0.05) is 6.07 Å². The highest BCUT2D eigenvalue weighted by Gasteiger charge is 2.21. The van der Waals surface area contributed by atoms with Gasteiger partial charge in [0.1, 0.15) is 5.75 Å². The van der Waals surface area contributed by atoms with Gasteiger partial charge in [0.15, 0.2) is 15.6 Å². The number of carbonyl (C=O) groups is 1.